The molecule has 19 heavy (non-hydrogen) atoms. The third-order valence-electron chi connectivity index (χ3n) is 3.08. The van der Waals surface area contributed by atoms with E-state index in [9.17, 15) is 4.79 Å². The quantitative estimate of drug-likeness (QED) is 0.890. The lowest BCUT2D eigenvalue weighted by atomic mass is 10.1. The minimum absolute atomic E-state index is 0.0421. The molecule has 5 nitrogen and oxygen atoms in total. The molecule has 2 heterocycles. The lowest BCUT2D eigenvalue weighted by molar-refractivity contribution is -0.131. The van der Waals surface area contributed by atoms with Gasteiger partial charge in [-0.3, -0.25) is 4.79 Å². The number of amides is 1. The van der Waals surface area contributed by atoms with Crippen LogP contribution in [0.25, 0.3) is 5.69 Å². The van der Waals surface area contributed by atoms with Crippen LogP contribution in [-0.4, -0.2) is 34.9 Å². The summed E-state index contributed by atoms with van der Waals surface area (Å²) in [6, 6.07) is 10.1. The second-order valence-corrected chi connectivity index (χ2v) is 4.60. The first kappa shape index (κ1) is 11.9. The topological polar surface area (TPSA) is 56.2 Å². The number of hydrogen-bond donors (Lipinski definition) is 1. The zero-order chi connectivity index (χ0) is 13.1. The van der Waals surface area contributed by atoms with E-state index >= 15 is 0 Å². The highest BCUT2D eigenvalue weighted by Gasteiger charge is 2.18. The summed E-state index contributed by atoms with van der Waals surface area (Å²) in [7, 11) is 0. The smallest absolute Gasteiger partial charge is 0.246 e. The monoisotopic (exact) mass is 257 g/mol. The summed E-state index contributed by atoms with van der Waals surface area (Å²) >= 11 is 0. The summed E-state index contributed by atoms with van der Waals surface area (Å²) in [4.78, 5) is 11.3. The summed E-state index contributed by atoms with van der Waals surface area (Å²) in [5.41, 5.74) is 2.18. The van der Waals surface area contributed by atoms with Crippen molar-refractivity contribution in [2.45, 2.75) is 12.5 Å². The zero-order valence-electron chi connectivity index (χ0n) is 10.5. The first-order valence-electron chi connectivity index (χ1n) is 6.27. The van der Waals surface area contributed by atoms with Crippen LogP contribution >= 0.6 is 0 Å². The second-order valence-electron chi connectivity index (χ2n) is 4.60. The van der Waals surface area contributed by atoms with Gasteiger partial charge >= 0.3 is 0 Å². The van der Waals surface area contributed by atoms with Crippen molar-refractivity contribution in [3.8, 4) is 5.69 Å². The summed E-state index contributed by atoms with van der Waals surface area (Å²) in [6.45, 7) is 0.738. The van der Waals surface area contributed by atoms with Crippen molar-refractivity contribution in [3.63, 3.8) is 0 Å². The molecule has 0 radical (unpaired) electrons. The Labute approximate surface area is 111 Å². The van der Waals surface area contributed by atoms with E-state index in [1.807, 2.05) is 35.1 Å². The maximum Gasteiger partial charge on any atom is 0.246 e. The number of carbonyl (C=O) groups excluding carboxylic acids is 1. The molecule has 1 saturated heterocycles. The summed E-state index contributed by atoms with van der Waals surface area (Å²) in [6.07, 6.45) is 4.42. The highest BCUT2D eigenvalue weighted by atomic mass is 16.5. The molecule has 1 aliphatic rings. The highest BCUT2D eigenvalue weighted by Crippen LogP contribution is 2.12. The van der Waals surface area contributed by atoms with E-state index in [4.69, 9.17) is 4.74 Å². The van der Waals surface area contributed by atoms with Crippen LogP contribution in [0.2, 0.25) is 0 Å². The number of benzene rings is 1. The van der Waals surface area contributed by atoms with Crippen LogP contribution in [0.3, 0.4) is 0 Å². The van der Waals surface area contributed by atoms with Crippen molar-refractivity contribution in [2.24, 2.45) is 0 Å². The fraction of sp³-hybridized carbons (Fsp3) is 0.286. The van der Waals surface area contributed by atoms with Crippen molar-refractivity contribution in [2.75, 3.05) is 13.2 Å². The molecule has 1 aromatic carbocycles. The molecular weight excluding hydrogens is 242 g/mol. The molecule has 0 bridgehead atoms. The largest absolute Gasteiger partial charge is 0.369 e. The minimum atomic E-state index is -0.0421. The molecule has 98 valence electrons. The molecule has 2 aromatic rings. The SMILES string of the molecule is O=C1COCC(Cc2cccc(-n3cccn3)c2)N1. The molecule has 1 unspecified atom stereocenters. The number of nitrogens with zero attached hydrogens (tertiary/aromatic N) is 2. The van der Waals surface area contributed by atoms with Gasteiger partial charge in [-0.2, -0.15) is 5.10 Å². The van der Waals surface area contributed by atoms with Crippen LogP contribution in [0.1, 0.15) is 5.56 Å². The van der Waals surface area contributed by atoms with Crippen molar-refractivity contribution in [1.29, 1.82) is 0 Å². The molecule has 0 aliphatic carbocycles. The molecular formula is C14H15N3O2. The van der Waals surface area contributed by atoms with E-state index in [0.29, 0.717) is 6.61 Å². The van der Waals surface area contributed by atoms with Crippen molar-refractivity contribution >= 4 is 5.91 Å². The Hall–Kier alpha value is -2.14. The summed E-state index contributed by atoms with van der Waals surface area (Å²) < 4.78 is 7.06. The molecule has 1 fully saturated rings. The van der Waals surface area contributed by atoms with E-state index in [1.54, 1.807) is 6.20 Å². The second kappa shape index (κ2) is 5.24. The van der Waals surface area contributed by atoms with E-state index in [1.165, 1.54) is 0 Å². The molecule has 1 amide bonds. The van der Waals surface area contributed by atoms with Crippen LogP contribution in [0.5, 0.6) is 0 Å². The predicted molar refractivity (Wildman–Crippen MR) is 70.0 cm³/mol. The lowest BCUT2D eigenvalue weighted by Crippen LogP contribution is -2.46. The molecule has 0 saturated carbocycles. The Morgan fingerprint density at radius 1 is 1.42 bits per heavy atom. The standard InChI is InChI=1S/C14H15N3O2/c18-14-10-19-9-12(16-14)7-11-3-1-4-13(8-11)17-6-2-5-15-17/h1-6,8,12H,7,9-10H2,(H,16,18). The normalized spacial score (nSPS) is 19.2. The van der Waals surface area contributed by atoms with Crippen LogP contribution < -0.4 is 5.32 Å². The molecule has 0 spiro atoms. The summed E-state index contributed by atoms with van der Waals surface area (Å²) in [5.74, 6) is -0.0421. The van der Waals surface area contributed by atoms with Gasteiger partial charge in [0.05, 0.1) is 18.3 Å². The van der Waals surface area contributed by atoms with Gasteiger partial charge in [0.1, 0.15) is 6.61 Å². The molecule has 1 N–H and O–H groups in total. The number of aromatic nitrogens is 2. The predicted octanol–water partition coefficient (Wildman–Crippen LogP) is 0.930. The summed E-state index contributed by atoms with van der Waals surface area (Å²) in [5, 5.41) is 7.14. The third kappa shape index (κ3) is 2.82. The lowest BCUT2D eigenvalue weighted by Gasteiger charge is -2.23. The van der Waals surface area contributed by atoms with Gasteiger partial charge in [0.2, 0.25) is 5.91 Å². The Morgan fingerprint density at radius 2 is 2.37 bits per heavy atom. The zero-order valence-corrected chi connectivity index (χ0v) is 10.5. The van der Waals surface area contributed by atoms with E-state index in [-0.39, 0.29) is 18.6 Å². The number of carbonyl (C=O) groups is 1. The number of morpholine rings is 1. The van der Waals surface area contributed by atoms with Gasteiger partial charge in [-0.25, -0.2) is 4.68 Å². The average Bonchev–Trinajstić information content (AvgIpc) is 2.93. The highest BCUT2D eigenvalue weighted by molar-refractivity contribution is 5.78. The third-order valence-corrected chi connectivity index (χ3v) is 3.08. The molecule has 1 aliphatic heterocycles. The molecule has 1 atom stereocenters. The fourth-order valence-corrected chi connectivity index (χ4v) is 2.25. The Balaban J connectivity index is 1.74. The van der Waals surface area contributed by atoms with Gasteiger partial charge < -0.3 is 10.1 Å². The first-order chi connectivity index (χ1) is 9.31. The van der Waals surface area contributed by atoms with Crippen molar-refractivity contribution in [1.82, 2.24) is 15.1 Å². The Morgan fingerprint density at radius 3 is 3.16 bits per heavy atom. The van der Waals surface area contributed by atoms with Gasteiger partial charge in [-0.15, -0.1) is 0 Å². The first-order valence-corrected chi connectivity index (χ1v) is 6.27. The number of hydrogen-bond acceptors (Lipinski definition) is 3. The number of nitrogens with one attached hydrogen (secondary N) is 1. The molecule has 3 rings (SSSR count). The van der Waals surface area contributed by atoms with Crippen LogP contribution in [-0.2, 0) is 16.0 Å². The maximum absolute atomic E-state index is 11.3. The van der Waals surface area contributed by atoms with Gasteiger partial charge in [0.15, 0.2) is 0 Å². The Kier molecular flexibility index (Phi) is 3.29. The van der Waals surface area contributed by atoms with Gasteiger partial charge in [-0.1, -0.05) is 12.1 Å². The maximum atomic E-state index is 11.3. The molecule has 5 heteroatoms. The fourth-order valence-electron chi connectivity index (χ4n) is 2.25. The van der Waals surface area contributed by atoms with Crippen molar-refractivity contribution in [3.05, 3.63) is 48.3 Å². The van der Waals surface area contributed by atoms with Crippen LogP contribution in [0, 0.1) is 0 Å². The van der Waals surface area contributed by atoms with Gasteiger partial charge in [0.25, 0.3) is 0 Å². The van der Waals surface area contributed by atoms with E-state index < -0.39 is 0 Å². The van der Waals surface area contributed by atoms with Gasteiger partial charge in [0, 0.05) is 12.4 Å². The minimum Gasteiger partial charge on any atom is -0.369 e. The van der Waals surface area contributed by atoms with E-state index in [2.05, 4.69) is 16.5 Å². The van der Waals surface area contributed by atoms with Gasteiger partial charge in [-0.05, 0) is 30.2 Å². The van der Waals surface area contributed by atoms with E-state index in [0.717, 1.165) is 17.7 Å². The molecule has 1 aromatic heterocycles. The van der Waals surface area contributed by atoms with Crippen molar-refractivity contribution < 1.29 is 9.53 Å². The van der Waals surface area contributed by atoms with Crippen LogP contribution in [0.4, 0.5) is 0 Å². The number of ether oxygens (including phenoxy) is 1. The Bertz CT molecular complexity index is 566. The number of rotatable bonds is 3. The van der Waals surface area contributed by atoms with Crippen LogP contribution in [0.15, 0.2) is 42.7 Å². The average molecular weight is 257 g/mol.